The van der Waals surface area contributed by atoms with E-state index in [-0.39, 0.29) is 5.91 Å². The van der Waals surface area contributed by atoms with Crippen LogP contribution >= 0.6 is 0 Å². The summed E-state index contributed by atoms with van der Waals surface area (Å²) in [4.78, 5) is 10.7. The maximum atomic E-state index is 10.7. The van der Waals surface area contributed by atoms with Gasteiger partial charge in [0.25, 0.3) is 0 Å². The summed E-state index contributed by atoms with van der Waals surface area (Å²) < 4.78 is 0. The zero-order valence-electron chi connectivity index (χ0n) is 8.29. The molecule has 3 nitrogen and oxygen atoms in total. The first kappa shape index (κ1) is 10.7. The SMILES string of the molecule is Cc1ccc(CCCC(=O)NO)cc1. The largest absolute Gasteiger partial charge is 0.289 e. The van der Waals surface area contributed by atoms with E-state index in [1.165, 1.54) is 11.1 Å². The van der Waals surface area contributed by atoms with E-state index in [4.69, 9.17) is 5.21 Å². The number of nitrogens with one attached hydrogen (secondary N) is 1. The Morgan fingerprint density at radius 3 is 2.57 bits per heavy atom. The Hall–Kier alpha value is -1.35. The molecule has 0 saturated heterocycles. The summed E-state index contributed by atoms with van der Waals surface area (Å²) in [7, 11) is 0. The molecule has 0 fully saturated rings. The van der Waals surface area contributed by atoms with Gasteiger partial charge in [-0.25, -0.2) is 5.48 Å². The highest BCUT2D eigenvalue weighted by Gasteiger charge is 1.99. The molecule has 3 heteroatoms. The number of benzene rings is 1. The van der Waals surface area contributed by atoms with Gasteiger partial charge in [0.1, 0.15) is 0 Å². The van der Waals surface area contributed by atoms with Crippen molar-refractivity contribution in [2.24, 2.45) is 0 Å². The van der Waals surface area contributed by atoms with Crippen molar-refractivity contribution in [2.75, 3.05) is 0 Å². The van der Waals surface area contributed by atoms with Gasteiger partial charge in [-0.2, -0.15) is 0 Å². The molecule has 1 aromatic rings. The fourth-order valence-corrected chi connectivity index (χ4v) is 1.26. The Morgan fingerprint density at radius 1 is 1.36 bits per heavy atom. The van der Waals surface area contributed by atoms with Crippen LogP contribution in [0.15, 0.2) is 24.3 Å². The van der Waals surface area contributed by atoms with Crippen molar-refractivity contribution in [3.8, 4) is 0 Å². The van der Waals surface area contributed by atoms with Crippen molar-refractivity contribution in [3.63, 3.8) is 0 Å². The van der Waals surface area contributed by atoms with Crippen molar-refractivity contribution < 1.29 is 10.0 Å². The average molecular weight is 193 g/mol. The second-order valence-electron chi connectivity index (χ2n) is 3.37. The molecule has 0 heterocycles. The van der Waals surface area contributed by atoms with Crippen LogP contribution in [0.4, 0.5) is 0 Å². The lowest BCUT2D eigenvalue weighted by Crippen LogP contribution is -2.18. The van der Waals surface area contributed by atoms with Gasteiger partial charge in [-0.15, -0.1) is 0 Å². The van der Waals surface area contributed by atoms with Crippen LogP contribution < -0.4 is 5.48 Å². The molecule has 1 aromatic carbocycles. The molecule has 1 amide bonds. The normalized spacial score (nSPS) is 9.86. The number of carbonyl (C=O) groups is 1. The third-order valence-corrected chi connectivity index (χ3v) is 2.11. The van der Waals surface area contributed by atoms with Crippen LogP contribution in [0, 0.1) is 6.92 Å². The third kappa shape index (κ3) is 3.58. The molecule has 0 aromatic heterocycles. The maximum absolute atomic E-state index is 10.7. The van der Waals surface area contributed by atoms with Gasteiger partial charge in [0.05, 0.1) is 0 Å². The molecule has 14 heavy (non-hydrogen) atoms. The van der Waals surface area contributed by atoms with Gasteiger partial charge in [-0.1, -0.05) is 29.8 Å². The molecule has 76 valence electrons. The zero-order valence-corrected chi connectivity index (χ0v) is 8.29. The molecular formula is C11H15NO2. The quantitative estimate of drug-likeness (QED) is 0.566. The van der Waals surface area contributed by atoms with Gasteiger partial charge in [0, 0.05) is 6.42 Å². The van der Waals surface area contributed by atoms with Crippen LogP contribution in [-0.2, 0) is 11.2 Å². The summed E-state index contributed by atoms with van der Waals surface area (Å²) in [6.45, 7) is 2.04. The second-order valence-corrected chi connectivity index (χ2v) is 3.37. The molecule has 1 rings (SSSR count). The number of hydrogen-bond donors (Lipinski definition) is 2. The van der Waals surface area contributed by atoms with Gasteiger partial charge in [0.15, 0.2) is 0 Å². The van der Waals surface area contributed by atoms with Gasteiger partial charge < -0.3 is 0 Å². The van der Waals surface area contributed by atoms with Crippen molar-refractivity contribution in [1.29, 1.82) is 0 Å². The van der Waals surface area contributed by atoms with Crippen molar-refractivity contribution in [1.82, 2.24) is 5.48 Å². The number of rotatable bonds is 4. The van der Waals surface area contributed by atoms with E-state index >= 15 is 0 Å². The van der Waals surface area contributed by atoms with E-state index in [1.54, 1.807) is 5.48 Å². The average Bonchev–Trinajstić information content (AvgIpc) is 2.21. The molecule has 0 spiro atoms. The molecule has 0 aliphatic heterocycles. The molecule has 0 radical (unpaired) electrons. The molecule has 0 atom stereocenters. The van der Waals surface area contributed by atoms with E-state index in [0.29, 0.717) is 6.42 Å². The molecule has 0 unspecified atom stereocenters. The van der Waals surface area contributed by atoms with Crippen LogP contribution in [-0.4, -0.2) is 11.1 Å². The van der Waals surface area contributed by atoms with E-state index < -0.39 is 0 Å². The standard InChI is InChI=1S/C11H15NO2/c1-9-5-7-10(8-6-9)3-2-4-11(13)12-14/h5-8,14H,2-4H2,1H3,(H,12,13). The fraction of sp³-hybridized carbons (Fsp3) is 0.364. The predicted molar refractivity (Wildman–Crippen MR) is 54.0 cm³/mol. The Labute approximate surface area is 83.7 Å². The smallest absolute Gasteiger partial charge is 0.243 e. The summed E-state index contributed by atoms with van der Waals surface area (Å²) in [6, 6.07) is 8.24. The number of aryl methyl sites for hydroxylation is 2. The monoisotopic (exact) mass is 193 g/mol. The van der Waals surface area contributed by atoms with Crippen molar-refractivity contribution in [3.05, 3.63) is 35.4 Å². The topological polar surface area (TPSA) is 49.3 Å². The number of hydroxylamine groups is 1. The van der Waals surface area contributed by atoms with Crippen LogP contribution in [0.2, 0.25) is 0 Å². The van der Waals surface area contributed by atoms with Crippen LogP contribution in [0.1, 0.15) is 24.0 Å². The maximum Gasteiger partial charge on any atom is 0.243 e. The van der Waals surface area contributed by atoms with E-state index in [9.17, 15) is 4.79 Å². The van der Waals surface area contributed by atoms with Crippen LogP contribution in [0.5, 0.6) is 0 Å². The molecule has 2 N–H and O–H groups in total. The highest BCUT2D eigenvalue weighted by molar-refractivity contribution is 5.74. The minimum absolute atomic E-state index is 0.322. The van der Waals surface area contributed by atoms with Crippen molar-refractivity contribution >= 4 is 5.91 Å². The summed E-state index contributed by atoms with van der Waals surface area (Å²) >= 11 is 0. The fourth-order valence-electron chi connectivity index (χ4n) is 1.26. The zero-order chi connectivity index (χ0) is 10.4. The Kier molecular flexibility index (Phi) is 4.13. The van der Waals surface area contributed by atoms with Gasteiger partial charge in [-0.05, 0) is 25.3 Å². The first-order chi connectivity index (χ1) is 6.72. The lowest BCUT2D eigenvalue weighted by atomic mass is 10.1. The number of hydrogen-bond acceptors (Lipinski definition) is 2. The molecule has 0 saturated carbocycles. The predicted octanol–water partition coefficient (Wildman–Crippen LogP) is 1.82. The lowest BCUT2D eigenvalue weighted by Gasteiger charge is -2.01. The molecule has 0 bridgehead atoms. The minimum atomic E-state index is -0.322. The van der Waals surface area contributed by atoms with Crippen LogP contribution in [0.25, 0.3) is 0 Å². The lowest BCUT2D eigenvalue weighted by molar-refractivity contribution is -0.129. The van der Waals surface area contributed by atoms with E-state index in [0.717, 1.165) is 12.8 Å². The first-order valence-electron chi connectivity index (χ1n) is 4.71. The van der Waals surface area contributed by atoms with Gasteiger partial charge in [-0.3, -0.25) is 10.0 Å². The van der Waals surface area contributed by atoms with Gasteiger partial charge in [0.2, 0.25) is 5.91 Å². The third-order valence-electron chi connectivity index (χ3n) is 2.11. The summed E-state index contributed by atoms with van der Waals surface area (Å²) in [5, 5.41) is 8.27. The first-order valence-corrected chi connectivity index (χ1v) is 4.71. The van der Waals surface area contributed by atoms with Gasteiger partial charge >= 0.3 is 0 Å². The Bertz CT molecular complexity index is 293. The van der Waals surface area contributed by atoms with E-state index in [2.05, 4.69) is 24.3 Å². The van der Waals surface area contributed by atoms with Crippen LogP contribution in [0.3, 0.4) is 0 Å². The Morgan fingerprint density at radius 2 is 2.00 bits per heavy atom. The summed E-state index contributed by atoms with van der Waals surface area (Å²) in [5.41, 5.74) is 4.08. The summed E-state index contributed by atoms with van der Waals surface area (Å²) in [5.74, 6) is -0.322. The highest BCUT2D eigenvalue weighted by atomic mass is 16.5. The molecular weight excluding hydrogens is 178 g/mol. The van der Waals surface area contributed by atoms with E-state index in [1.807, 2.05) is 6.92 Å². The summed E-state index contributed by atoms with van der Waals surface area (Å²) in [6.07, 6.45) is 1.99. The number of carbonyl (C=O) groups excluding carboxylic acids is 1. The molecule has 0 aliphatic rings. The Balaban J connectivity index is 2.31. The second kappa shape index (κ2) is 5.40. The minimum Gasteiger partial charge on any atom is -0.289 e. The number of amides is 1. The van der Waals surface area contributed by atoms with Crippen molar-refractivity contribution in [2.45, 2.75) is 26.2 Å². The highest BCUT2D eigenvalue weighted by Crippen LogP contribution is 2.06. The molecule has 0 aliphatic carbocycles.